The minimum atomic E-state index is -4.50. The number of hydrogen-bond acceptors (Lipinski definition) is 4. The average Bonchev–Trinajstić information content (AvgIpc) is 3.10. The van der Waals surface area contributed by atoms with Gasteiger partial charge in [-0.05, 0) is 42.5 Å². The largest absolute Gasteiger partial charge is 0.497 e. The predicted molar refractivity (Wildman–Crippen MR) is 93.2 cm³/mol. The molecule has 0 aliphatic rings. The van der Waals surface area contributed by atoms with E-state index < -0.39 is 11.7 Å². The van der Waals surface area contributed by atoms with E-state index in [1.165, 1.54) is 22.7 Å². The molecule has 5 nitrogen and oxygen atoms in total. The summed E-state index contributed by atoms with van der Waals surface area (Å²) in [6.45, 7) is 0. The minimum absolute atomic E-state index is 0.0355. The van der Waals surface area contributed by atoms with Gasteiger partial charge in [0.2, 0.25) is 0 Å². The molecule has 2 heterocycles. The van der Waals surface area contributed by atoms with E-state index in [9.17, 15) is 13.2 Å². The Morgan fingerprint density at radius 3 is 2.33 bits per heavy atom. The Bertz CT molecular complexity index is 1100. The number of fused-ring (bicyclic) bond motifs is 1. The lowest BCUT2D eigenvalue weighted by molar-refractivity contribution is -0.137. The third kappa shape index (κ3) is 3.10. The Balaban J connectivity index is 1.87. The molecule has 8 heteroatoms. The molecule has 0 amide bonds. The molecule has 4 rings (SSSR count). The second kappa shape index (κ2) is 6.39. The van der Waals surface area contributed by atoms with E-state index in [-0.39, 0.29) is 11.4 Å². The van der Waals surface area contributed by atoms with Crippen LogP contribution in [0.1, 0.15) is 5.56 Å². The third-order valence-electron chi connectivity index (χ3n) is 4.12. The standard InChI is InChI=1S/C19H13F3N4O/c1-27-13-8-6-12(7-9-13)16-10-11-17-23-24-18(26(17)25-16)14-4-2-3-5-15(14)19(20,21)22/h2-11H,1H3. The lowest BCUT2D eigenvalue weighted by atomic mass is 10.1. The fourth-order valence-corrected chi connectivity index (χ4v) is 2.80. The zero-order valence-electron chi connectivity index (χ0n) is 14.1. The highest BCUT2D eigenvalue weighted by atomic mass is 19.4. The molecule has 4 aromatic rings. The molecular weight excluding hydrogens is 357 g/mol. The van der Waals surface area contributed by atoms with E-state index in [1.807, 2.05) is 12.1 Å². The molecule has 0 bridgehead atoms. The molecule has 0 N–H and O–H groups in total. The monoisotopic (exact) mass is 370 g/mol. The molecule has 136 valence electrons. The number of hydrogen-bond donors (Lipinski definition) is 0. The highest BCUT2D eigenvalue weighted by molar-refractivity contribution is 5.66. The van der Waals surface area contributed by atoms with Crippen molar-refractivity contribution in [1.82, 2.24) is 19.8 Å². The first-order valence-corrected chi connectivity index (χ1v) is 8.01. The highest BCUT2D eigenvalue weighted by Gasteiger charge is 2.34. The summed E-state index contributed by atoms with van der Waals surface area (Å²) in [5.41, 5.74) is 0.879. The van der Waals surface area contributed by atoms with Crippen LogP contribution in [0.5, 0.6) is 5.75 Å². The molecule has 0 unspecified atom stereocenters. The van der Waals surface area contributed by atoms with Gasteiger partial charge in [-0.25, -0.2) is 0 Å². The SMILES string of the molecule is COc1ccc(-c2ccc3nnc(-c4ccccc4C(F)(F)F)n3n2)cc1. The fourth-order valence-electron chi connectivity index (χ4n) is 2.80. The van der Waals surface area contributed by atoms with Gasteiger partial charge in [-0.1, -0.05) is 18.2 Å². The second-order valence-corrected chi connectivity index (χ2v) is 5.78. The highest BCUT2D eigenvalue weighted by Crippen LogP contribution is 2.36. The summed E-state index contributed by atoms with van der Waals surface area (Å²) < 4.78 is 46.6. The topological polar surface area (TPSA) is 52.3 Å². The van der Waals surface area contributed by atoms with Gasteiger partial charge < -0.3 is 4.74 Å². The van der Waals surface area contributed by atoms with Crippen LogP contribution in [0.25, 0.3) is 28.3 Å². The molecule has 2 aromatic heterocycles. The van der Waals surface area contributed by atoms with Gasteiger partial charge >= 0.3 is 6.18 Å². The fraction of sp³-hybridized carbons (Fsp3) is 0.105. The van der Waals surface area contributed by atoms with Crippen LogP contribution in [0.3, 0.4) is 0 Å². The van der Waals surface area contributed by atoms with E-state index >= 15 is 0 Å². The zero-order chi connectivity index (χ0) is 19.0. The number of methoxy groups -OCH3 is 1. The first-order chi connectivity index (χ1) is 13.0. The summed E-state index contributed by atoms with van der Waals surface area (Å²) in [6, 6.07) is 15.9. The van der Waals surface area contributed by atoms with E-state index in [4.69, 9.17) is 4.74 Å². The summed E-state index contributed by atoms with van der Waals surface area (Å²) >= 11 is 0. The van der Waals surface area contributed by atoms with Crippen LogP contribution >= 0.6 is 0 Å². The lowest BCUT2D eigenvalue weighted by Gasteiger charge is -2.11. The minimum Gasteiger partial charge on any atom is -0.497 e. The van der Waals surface area contributed by atoms with Gasteiger partial charge in [-0.3, -0.25) is 0 Å². The maximum Gasteiger partial charge on any atom is 0.417 e. The number of aromatic nitrogens is 4. The van der Waals surface area contributed by atoms with Crippen LogP contribution in [0.2, 0.25) is 0 Å². The number of rotatable bonds is 3. The number of nitrogens with zero attached hydrogens (tertiary/aromatic N) is 4. The first-order valence-electron chi connectivity index (χ1n) is 8.01. The van der Waals surface area contributed by atoms with Crippen molar-refractivity contribution < 1.29 is 17.9 Å². The number of benzene rings is 2. The Kier molecular flexibility index (Phi) is 4.02. The van der Waals surface area contributed by atoms with Crippen molar-refractivity contribution in [2.45, 2.75) is 6.18 Å². The number of halogens is 3. The van der Waals surface area contributed by atoms with Crippen molar-refractivity contribution in [1.29, 1.82) is 0 Å². The van der Waals surface area contributed by atoms with E-state index in [2.05, 4.69) is 15.3 Å². The Morgan fingerprint density at radius 2 is 1.63 bits per heavy atom. The van der Waals surface area contributed by atoms with E-state index in [0.29, 0.717) is 17.1 Å². The molecule has 0 saturated carbocycles. The number of alkyl halides is 3. The molecule has 0 spiro atoms. The van der Waals surface area contributed by atoms with Gasteiger partial charge in [0.05, 0.1) is 18.4 Å². The van der Waals surface area contributed by atoms with Crippen LogP contribution in [-0.2, 0) is 6.18 Å². The summed E-state index contributed by atoms with van der Waals surface area (Å²) in [6.07, 6.45) is -4.50. The lowest BCUT2D eigenvalue weighted by Crippen LogP contribution is -2.08. The summed E-state index contributed by atoms with van der Waals surface area (Å²) in [4.78, 5) is 0. The molecule has 0 fully saturated rings. The van der Waals surface area contributed by atoms with Gasteiger partial charge in [-0.2, -0.15) is 22.8 Å². The Morgan fingerprint density at radius 1 is 0.889 bits per heavy atom. The van der Waals surface area contributed by atoms with Crippen molar-refractivity contribution in [3.8, 4) is 28.4 Å². The molecular formula is C19H13F3N4O. The Labute approximate surface area is 152 Å². The van der Waals surface area contributed by atoms with E-state index in [1.54, 1.807) is 31.4 Å². The van der Waals surface area contributed by atoms with Crippen LogP contribution in [0.15, 0.2) is 60.7 Å². The van der Waals surface area contributed by atoms with Crippen LogP contribution in [0, 0.1) is 0 Å². The smallest absolute Gasteiger partial charge is 0.417 e. The van der Waals surface area contributed by atoms with E-state index in [0.717, 1.165) is 11.6 Å². The van der Waals surface area contributed by atoms with Crippen LogP contribution in [-0.4, -0.2) is 26.9 Å². The molecule has 0 aliphatic heterocycles. The molecule has 0 aliphatic carbocycles. The van der Waals surface area contributed by atoms with Crippen molar-refractivity contribution in [3.05, 3.63) is 66.2 Å². The predicted octanol–water partition coefficient (Wildman–Crippen LogP) is 4.49. The summed E-state index contributed by atoms with van der Waals surface area (Å²) in [5.74, 6) is 0.734. The van der Waals surface area contributed by atoms with Gasteiger partial charge in [0.25, 0.3) is 0 Å². The average molecular weight is 370 g/mol. The third-order valence-corrected chi connectivity index (χ3v) is 4.12. The van der Waals surface area contributed by atoms with Gasteiger partial charge in [-0.15, -0.1) is 10.2 Å². The first kappa shape index (κ1) is 17.0. The Hall–Kier alpha value is -3.42. The molecule has 0 saturated heterocycles. The van der Waals surface area contributed by atoms with Crippen LogP contribution < -0.4 is 4.74 Å². The second-order valence-electron chi connectivity index (χ2n) is 5.78. The quantitative estimate of drug-likeness (QED) is 0.533. The molecule has 0 radical (unpaired) electrons. The van der Waals surface area contributed by atoms with Gasteiger partial charge in [0, 0.05) is 11.1 Å². The maximum atomic E-state index is 13.4. The van der Waals surface area contributed by atoms with Crippen molar-refractivity contribution in [3.63, 3.8) is 0 Å². The maximum absolute atomic E-state index is 13.4. The normalized spacial score (nSPS) is 11.7. The van der Waals surface area contributed by atoms with Crippen molar-refractivity contribution >= 4 is 5.65 Å². The summed E-state index contributed by atoms with van der Waals surface area (Å²) in [5, 5.41) is 12.3. The van der Waals surface area contributed by atoms with Gasteiger partial charge in [0.1, 0.15) is 5.75 Å². The summed E-state index contributed by atoms with van der Waals surface area (Å²) in [7, 11) is 1.57. The number of ether oxygens (including phenoxy) is 1. The zero-order valence-corrected chi connectivity index (χ0v) is 14.1. The molecule has 27 heavy (non-hydrogen) atoms. The van der Waals surface area contributed by atoms with Gasteiger partial charge in [0.15, 0.2) is 11.5 Å². The van der Waals surface area contributed by atoms with Crippen molar-refractivity contribution in [2.75, 3.05) is 7.11 Å². The van der Waals surface area contributed by atoms with Crippen molar-refractivity contribution in [2.24, 2.45) is 0 Å². The molecule has 2 aromatic carbocycles. The molecule has 0 atom stereocenters. The van der Waals surface area contributed by atoms with Crippen LogP contribution in [0.4, 0.5) is 13.2 Å².